The molecule has 3 aromatic rings. The largest absolute Gasteiger partial charge is 0.462 e. The van der Waals surface area contributed by atoms with Crippen LogP contribution >= 0.6 is 0 Å². The molecular formula is C20H20N4O2. The molecule has 1 heterocycles. The molecule has 0 amide bonds. The number of benzene rings is 2. The van der Waals surface area contributed by atoms with Gasteiger partial charge in [0.1, 0.15) is 5.82 Å². The van der Waals surface area contributed by atoms with E-state index < -0.39 is 0 Å². The molecule has 0 radical (unpaired) electrons. The Morgan fingerprint density at radius 3 is 2.62 bits per heavy atom. The van der Waals surface area contributed by atoms with Crippen LogP contribution < -0.4 is 10.6 Å². The maximum Gasteiger partial charge on any atom is 0.340 e. The van der Waals surface area contributed by atoms with Gasteiger partial charge in [-0.15, -0.1) is 0 Å². The third kappa shape index (κ3) is 4.57. The lowest BCUT2D eigenvalue weighted by atomic mass is 10.2. The average Bonchev–Trinajstić information content (AvgIpc) is 2.68. The maximum absolute atomic E-state index is 12.1. The standard InChI is InChI=1S/C20H20N4O2/c1-2-26-19(25)16-10-6-7-11-17(16)23-18-12-13-21-20(24-18)22-14-15-8-4-3-5-9-15/h3-13H,2,14H2,1H3,(H2,21,22,23,24). The van der Waals surface area contributed by atoms with Crippen molar-refractivity contribution in [2.45, 2.75) is 13.5 Å². The van der Waals surface area contributed by atoms with Crippen LogP contribution in [0.5, 0.6) is 0 Å². The van der Waals surface area contributed by atoms with Gasteiger partial charge in [-0.25, -0.2) is 9.78 Å². The highest BCUT2D eigenvalue weighted by atomic mass is 16.5. The molecule has 3 rings (SSSR count). The normalized spacial score (nSPS) is 10.2. The Morgan fingerprint density at radius 1 is 1.04 bits per heavy atom. The van der Waals surface area contributed by atoms with E-state index in [1.165, 1.54) is 0 Å². The fraction of sp³-hybridized carbons (Fsp3) is 0.150. The van der Waals surface area contributed by atoms with Crippen molar-refractivity contribution >= 4 is 23.4 Å². The summed E-state index contributed by atoms with van der Waals surface area (Å²) < 4.78 is 5.09. The molecule has 132 valence electrons. The van der Waals surface area contributed by atoms with Crippen molar-refractivity contribution < 1.29 is 9.53 Å². The minimum Gasteiger partial charge on any atom is -0.462 e. The lowest BCUT2D eigenvalue weighted by Gasteiger charge is -2.11. The average molecular weight is 348 g/mol. The van der Waals surface area contributed by atoms with E-state index in [2.05, 4.69) is 20.6 Å². The van der Waals surface area contributed by atoms with Gasteiger partial charge in [0, 0.05) is 12.7 Å². The number of aromatic nitrogens is 2. The second-order valence-corrected chi connectivity index (χ2v) is 5.50. The van der Waals surface area contributed by atoms with Gasteiger partial charge < -0.3 is 15.4 Å². The van der Waals surface area contributed by atoms with Gasteiger partial charge in [-0.2, -0.15) is 4.98 Å². The number of anilines is 3. The number of rotatable bonds is 7. The van der Waals surface area contributed by atoms with E-state index in [0.29, 0.717) is 36.2 Å². The Hall–Kier alpha value is -3.41. The number of carbonyl (C=O) groups is 1. The van der Waals surface area contributed by atoms with Gasteiger partial charge in [0.2, 0.25) is 5.95 Å². The van der Waals surface area contributed by atoms with Crippen LogP contribution in [0.15, 0.2) is 66.9 Å². The molecule has 0 aliphatic rings. The summed E-state index contributed by atoms with van der Waals surface area (Å²) in [4.78, 5) is 20.7. The van der Waals surface area contributed by atoms with Crippen molar-refractivity contribution in [2.75, 3.05) is 17.2 Å². The third-order valence-corrected chi connectivity index (χ3v) is 3.63. The molecule has 0 fully saturated rings. The highest BCUT2D eigenvalue weighted by molar-refractivity contribution is 5.96. The van der Waals surface area contributed by atoms with Gasteiger partial charge in [0.05, 0.1) is 17.9 Å². The molecule has 0 atom stereocenters. The van der Waals surface area contributed by atoms with Gasteiger partial charge in [0.25, 0.3) is 0 Å². The van der Waals surface area contributed by atoms with Gasteiger partial charge in [-0.1, -0.05) is 42.5 Å². The quantitative estimate of drug-likeness (QED) is 0.628. The predicted octanol–water partition coefficient (Wildman–Crippen LogP) is 4.01. The molecule has 2 N–H and O–H groups in total. The number of esters is 1. The SMILES string of the molecule is CCOC(=O)c1ccccc1Nc1ccnc(NCc2ccccc2)n1. The summed E-state index contributed by atoms with van der Waals surface area (Å²) >= 11 is 0. The molecule has 0 saturated carbocycles. The van der Waals surface area contributed by atoms with E-state index in [1.54, 1.807) is 31.3 Å². The maximum atomic E-state index is 12.1. The van der Waals surface area contributed by atoms with Crippen molar-refractivity contribution in [1.29, 1.82) is 0 Å². The molecule has 6 heteroatoms. The van der Waals surface area contributed by atoms with E-state index in [4.69, 9.17) is 4.74 Å². The molecule has 0 spiro atoms. The summed E-state index contributed by atoms with van der Waals surface area (Å²) in [6.45, 7) is 2.74. The van der Waals surface area contributed by atoms with Crippen LogP contribution in [-0.4, -0.2) is 22.5 Å². The molecule has 6 nitrogen and oxygen atoms in total. The molecule has 0 unspecified atom stereocenters. The Kier molecular flexibility index (Phi) is 5.77. The molecule has 0 saturated heterocycles. The van der Waals surface area contributed by atoms with Crippen molar-refractivity contribution in [1.82, 2.24) is 9.97 Å². The topological polar surface area (TPSA) is 76.1 Å². The van der Waals surface area contributed by atoms with Crippen molar-refractivity contribution in [3.63, 3.8) is 0 Å². The number of ether oxygens (including phenoxy) is 1. The number of nitrogens with zero attached hydrogens (tertiary/aromatic N) is 2. The molecule has 0 bridgehead atoms. The Balaban J connectivity index is 1.72. The molecule has 0 aliphatic carbocycles. The minimum absolute atomic E-state index is 0.328. The van der Waals surface area contributed by atoms with Crippen LogP contribution in [0, 0.1) is 0 Å². The van der Waals surface area contributed by atoms with E-state index in [9.17, 15) is 4.79 Å². The van der Waals surface area contributed by atoms with E-state index >= 15 is 0 Å². The van der Waals surface area contributed by atoms with Gasteiger partial charge in [0.15, 0.2) is 0 Å². The lowest BCUT2D eigenvalue weighted by molar-refractivity contribution is 0.0527. The molecule has 1 aromatic heterocycles. The lowest BCUT2D eigenvalue weighted by Crippen LogP contribution is -2.09. The highest BCUT2D eigenvalue weighted by Crippen LogP contribution is 2.21. The number of hydrogen-bond acceptors (Lipinski definition) is 6. The summed E-state index contributed by atoms with van der Waals surface area (Å²) in [5.41, 5.74) is 2.24. The fourth-order valence-electron chi connectivity index (χ4n) is 2.41. The van der Waals surface area contributed by atoms with Crippen LogP contribution in [0.4, 0.5) is 17.5 Å². The van der Waals surface area contributed by atoms with Crippen LogP contribution in [0.2, 0.25) is 0 Å². The van der Waals surface area contributed by atoms with Crippen molar-refractivity contribution in [3.05, 3.63) is 78.0 Å². The van der Waals surface area contributed by atoms with Crippen LogP contribution in [0.25, 0.3) is 0 Å². The second kappa shape index (κ2) is 8.62. The first-order valence-corrected chi connectivity index (χ1v) is 8.40. The van der Waals surface area contributed by atoms with Crippen molar-refractivity contribution in [2.24, 2.45) is 0 Å². The summed E-state index contributed by atoms with van der Waals surface area (Å²) in [5, 5.41) is 6.35. The third-order valence-electron chi connectivity index (χ3n) is 3.63. The Labute approximate surface area is 152 Å². The fourth-order valence-corrected chi connectivity index (χ4v) is 2.41. The number of para-hydroxylation sites is 1. The zero-order chi connectivity index (χ0) is 18.2. The first kappa shape index (κ1) is 17.4. The minimum atomic E-state index is -0.368. The summed E-state index contributed by atoms with van der Waals surface area (Å²) in [7, 11) is 0. The van der Waals surface area contributed by atoms with Crippen LogP contribution in [-0.2, 0) is 11.3 Å². The zero-order valence-corrected chi connectivity index (χ0v) is 14.5. The first-order valence-electron chi connectivity index (χ1n) is 8.40. The summed E-state index contributed by atoms with van der Waals surface area (Å²) in [6, 6.07) is 18.9. The van der Waals surface area contributed by atoms with Crippen molar-refractivity contribution in [3.8, 4) is 0 Å². The Bertz CT molecular complexity index is 868. The molecule has 2 aromatic carbocycles. The van der Waals surface area contributed by atoms with Gasteiger partial charge >= 0.3 is 5.97 Å². The molecule has 26 heavy (non-hydrogen) atoms. The predicted molar refractivity (Wildman–Crippen MR) is 101 cm³/mol. The summed E-state index contributed by atoms with van der Waals surface area (Å²) in [5.74, 6) is 0.729. The van der Waals surface area contributed by atoms with E-state index in [1.807, 2.05) is 42.5 Å². The summed E-state index contributed by atoms with van der Waals surface area (Å²) in [6.07, 6.45) is 1.66. The zero-order valence-electron chi connectivity index (χ0n) is 14.5. The highest BCUT2D eigenvalue weighted by Gasteiger charge is 2.12. The molecule has 0 aliphatic heterocycles. The monoisotopic (exact) mass is 348 g/mol. The van der Waals surface area contributed by atoms with E-state index in [0.717, 1.165) is 5.56 Å². The Morgan fingerprint density at radius 2 is 1.81 bits per heavy atom. The number of hydrogen-bond donors (Lipinski definition) is 2. The van der Waals surface area contributed by atoms with E-state index in [-0.39, 0.29) is 5.97 Å². The number of nitrogens with one attached hydrogen (secondary N) is 2. The number of carbonyl (C=O) groups excluding carboxylic acids is 1. The first-order chi connectivity index (χ1) is 12.8. The smallest absolute Gasteiger partial charge is 0.340 e. The molecular weight excluding hydrogens is 328 g/mol. The van der Waals surface area contributed by atoms with Gasteiger partial charge in [-0.05, 0) is 30.7 Å². The second-order valence-electron chi connectivity index (χ2n) is 5.50. The van der Waals surface area contributed by atoms with Gasteiger partial charge in [-0.3, -0.25) is 0 Å². The van der Waals surface area contributed by atoms with Crippen LogP contribution in [0.3, 0.4) is 0 Å². The van der Waals surface area contributed by atoms with Crippen LogP contribution in [0.1, 0.15) is 22.8 Å².